The fourth-order valence-electron chi connectivity index (χ4n) is 3.01. The summed E-state index contributed by atoms with van der Waals surface area (Å²) in [6.45, 7) is 4.65. The van der Waals surface area contributed by atoms with Crippen LogP contribution >= 0.6 is 0 Å². The zero-order chi connectivity index (χ0) is 17.6. The van der Waals surface area contributed by atoms with Gasteiger partial charge in [-0.3, -0.25) is 14.7 Å². The third-order valence-corrected chi connectivity index (χ3v) is 4.46. The largest absolute Gasteiger partial charge is 0.383 e. The molecule has 0 bridgehead atoms. The monoisotopic (exact) mass is 343 g/mol. The molecular weight excluding hydrogens is 321 g/mol. The predicted molar refractivity (Wildman–Crippen MR) is 93.9 cm³/mol. The minimum Gasteiger partial charge on any atom is -0.383 e. The number of nitrogens with zero attached hydrogens (tertiary/aromatic N) is 3. The van der Waals surface area contributed by atoms with Crippen LogP contribution in [0.5, 0.6) is 0 Å². The van der Waals surface area contributed by atoms with Gasteiger partial charge in [-0.15, -0.1) is 0 Å². The molecule has 1 fully saturated rings. The first kappa shape index (κ1) is 17.5. The molecule has 1 aliphatic heterocycles. The molecule has 0 spiro atoms. The van der Waals surface area contributed by atoms with Crippen LogP contribution in [0.25, 0.3) is 11.1 Å². The number of ether oxygens (including phenoxy) is 1. The van der Waals surface area contributed by atoms with Gasteiger partial charge in [-0.2, -0.15) is 0 Å². The summed E-state index contributed by atoms with van der Waals surface area (Å²) in [6, 6.07) is 8.74. The highest BCUT2D eigenvalue weighted by Gasteiger charge is 2.22. The molecule has 5 nitrogen and oxygen atoms in total. The molecule has 3 rings (SSSR count). The van der Waals surface area contributed by atoms with E-state index < -0.39 is 0 Å². The summed E-state index contributed by atoms with van der Waals surface area (Å²) in [5, 5.41) is 0. The van der Waals surface area contributed by atoms with Crippen LogP contribution in [0.2, 0.25) is 0 Å². The molecule has 1 aromatic heterocycles. The number of aromatic nitrogens is 1. The Hall–Kier alpha value is -2.31. The van der Waals surface area contributed by atoms with Crippen LogP contribution in [0.1, 0.15) is 10.4 Å². The summed E-state index contributed by atoms with van der Waals surface area (Å²) < 4.78 is 19.0. The molecule has 2 heterocycles. The second kappa shape index (κ2) is 8.18. The minimum atomic E-state index is -0.390. The molecule has 0 aliphatic carbocycles. The zero-order valence-electron chi connectivity index (χ0n) is 14.3. The van der Waals surface area contributed by atoms with E-state index in [1.165, 1.54) is 6.20 Å². The van der Waals surface area contributed by atoms with Crippen molar-refractivity contribution < 1.29 is 13.9 Å². The van der Waals surface area contributed by atoms with Crippen LogP contribution in [0.4, 0.5) is 4.39 Å². The number of halogens is 1. The van der Waals surface area contributed by atoms with Crippen molar-refractivity contribution in [3.63, 3.8) is 0 Å². The first-order valence-electron chi connectivity index (χ1n) is 8.39. The van der Waals surface area contributed by atoms with Gasteiger partial charge in [-0.1, -0.05) is 12.1 Å². The van der Waals surface area contributed by atoms with Crippen LogP contribution in [0.15, 0.2) is 42.7 Å². The molecule has 0 atom stereocenters. The fraction of sp³-hybridized carbons (Fsp3) is 0.368. The third-order valence-electron chi connectivity index (χ3n) is 4.46. The van der Waals surface area contributed by atoms with Gasteiger partial charge in [0.25, 0.3) is 5.91 Å². The molecule has 1 aliphatic rings. The van der Waals surface area contributed by atoms with E-state index in [1.54, 1.807) is 43.6 Å². The number of piperazine rings is 1. The van der Waals surface area contributed by atoms with Crippen LogP contribution in [0, 0.1) is 5.82 Å². The molecule has 25 heavy (non-hydrogen) atoms. The number of pyridine rings is 1. The normalized spacial score (nSPS) is 15.4. The maximum atomic E-state index is 13.9. The second-order valence-corrected chi connectivity index (χ2v) is 6.06. The average molecular weight is 343 g/mol. The van der Waals surface area contributed by atoms with Gasteiger partial charge in [0.05, 0.1) is 12.8 Å². The molecule has 0 N–H and O–H groups in total. The van der Waals surface area contributed by atoms with E-state index in [0.29, 0.717) is 36.4 Å². The third kappa shape index (κ3) is 4.21. The second-order valence-electron chi connectivity index (χ2n) is 6.06. The van der Waals surface area contributed by atoms with Gasteiger partial charge in [-0.25, -0.2) is 4.39 Å². The molecular formula is C19H22FN3O2. The quantitative estimate of drug-likeness (QED) is 0.836. The number of benzene rings is 1. The van der Waals surface area contributed by atoms with Crippen molar-refractivity contribution in [2.24, 2.45) is 0 Å². The number of carbonyl (C=O) groups is 1. The van der Waals surface area contributed by atoms with Crippen molar-refractivity contribution in [1.82, 2.24) is 14.8 Å². The number of amides is 1. The highest BCUT2D eigenvalue weighted by Crippen LogP contribution is 2.23. The summed E-state index contributed by atoms with van der Waals surface area (Å²) in [7, 11) is 1.69. The molecule has 0 saturated carbocycles. The van der Waals surface area contributed by atoms with E-state index in [-0.39, 0.29) is 11.7 Å². The zero-order valence-corrected chi connectivity index (χ0v) is 14.3. The van der Waals surface area contributed by atoms with Crippen molar-refractivity contribution in [3.8, 4) is 11.1 Å². The summed E-state index contributed by atoms with van der Waals surface area (Å²) in [5.74, 6) is -0.401. The fourth-order valence-corrected chi connectivity index (χ4v) is 3.01. The lowest BCUT2D eigenvalue weighted by molar-refractivity contribution is 0.0594. The highest BCUT2D eigenvalue weighted by molar-refractivity contribution is 5.95. The predicted octanol–water partition coefficient (Wildman–Crippen LogP) is 2.29. The van der Waals surface area contributed by atoms with Crippen molar-refractivity contribution in [1.29, 1.82) is 0 Å². The van der Waals surface area contributed by atoms with E-state index in [0.717, 1.165) is 19.6 Å². The Morgan fingerprint density at radius 1 is 1.24 bits per heavy atom. The van der Waals surface area contributed by atoms with Gasteiger partial charge in [0.2, 0.25) is 0 Å². The Balaban J connectivity index is 1.69. The van der Waals surface area contributed by atoms with Gasteiger partial charge >= 0.3 is 0 Å². The molecule has 6 heteroatoms. The standard InChI is InChI=1S/C19H22FN3O2/c1-25-12-11-22-7-9-23(10-8-22)19(24)16-4-2-3-15(13-16)17-5-6-21-14-18(17)20/h2-6,13-14H,7-12H2,1H3. The highest BCUT2D eigenvalue weighted by atomic mass is 19.1. The van der Waals surface area contributed by atoms with E-state index in [4.69, 9.17) is 4.74 Å². The molecule has 0 radical (unpaired) electrons. The van der Waals surface area contributed by atoms with Gasteiger partial charge in [0.15, 0.2) is 0 Å². The Morgan fingerprint density at radius 2 is 2.04 bits per heavy atom. The average Bonchev–Trinajstić information content (AvgIpc) is 2.67. The Morgan fingerprint density at radius 3 is 2.76 bits per heavy atom. The van der Waals surface area contributed by atoms with Crippen LogP contribution in [-0.4, -0.2) is 67.1 Å². The Bertz CT molecular complexity index is 730. The Labute approximate surface area is 147 Å². The summed E-state index contributed by atoms with van der Waals surface area (Å²) >= 11 is 0. The van der Waals surface area contributed by atoms with E-state index >= 15 is 0 Å². The topological polar surface area (TPSA) is 45.7 Å². The number of methoxy groups -OCH3 is 1. The minimum absolute atomic E-state index is 0.0114. The number of hydrogen-bond donors (Lipinski definition) is 0. The van der Waals surface area contributed by atoms with E-state index in [2.05, 4.69) is 9.88 Å². The first-order chi connectivity index (χ1) is 12.2. The van der Waals surface area contributed by atoms with Crippen LogP contribution in [-0.2, 0) is 4.74 Å². The lowest BCUT2D eigenvalue weighted by Crippen LogP contribution is -2.49. The van der Waals surface area contributed by atoms with Gasteiger partial charge in [0, 0.05) is 57.2 Å². The van der Waals surface area contributed by atoms with Gasteiger partial charge in [-0.05, 0) is 23.8 Å². The van der Waals surface area contributed by atoms with Crippen molar-refractivity contribution in [2.75, 3.05) is 46.4 Å². The number of hydrogen-bond acceptors (Lipinski definition) is 4. The molecule has 2 aromatic rings. The SMILES string of the molecule is COCCN1CCN(C(=O)c2cccc(-c3ccncc3F)c2)CC1. The summed E-state index contributed by atoms with van der Waals surface area (Å²) in [4.78, 5) is 20.7. The van der Waals surface area contributed by atoms with Crippen molar-refractivity contribution in [3.05, 3.63) is 54.1 Å². The lowest BCUT2D eigenvalue weighted by Gasteiger charge is -2.34. The number of rotatable bonds is 5. The lowest BCUT2D eigenvalue weighted by atomic mass is 10.0. The van der Waals surface area contributed by atoms with E-state index in [1.807, 2.05) is 4.90 Å². The summed E-state index contributed by atoms with van der Waals surface area (Å²) in [5.41, 5.74) is 1.72. The molecule has 1 aromatic carbocycles. The number of carbonyl (C=O) groups excluding carboxylic acids is 1. The van der Waals surface area contributed by atoms with Gasteiger partial charge in [0.1, 0.15) is 5.82 Å². The first-order valence-corrected chi connectivity index (χ1v) is 8.39. The van der Waals surface area contributed by atoms with Crippen LogP contribution in [0.3, 0.4) is 0 Å². The van der Waals surface area contributed by atoms with E-state index in [9.17, 15) is 9.18 Å². The maximum Gasteiger partial charge on any atom is 0.253 e. The van der Waals surface area contributed by atoms with Crippen molar-refractivity contribution in [2.45, 2.75) is 0 Å². The molecule has 132 valence electrons. The molecule has 1 amide bonds. The molecule has 0 unspecified atom stereocenters. The Kier molecular flexibility index (Phi) is 5.73. The summed E-state index contributed by atoms with van der Waals surface area (Å²) in [6.07, 6.45) is 2.73. The smallest absolute Gasteiger partial charge is 0.253 e. The van der Waals surface area contributed by atoms with Crippen LogP contribution < -0.4 is 0 Å². The van der Waals surface area contributed by atoms with Crippen molar-refractivity contribution >= 4 is 5.91 Å². The maximum absolute atomic E-state index is 13.9. The van der Waals surface area contributed by atoms with Gasteiger partial charge < -0.3 is 9.64 Å². The molecule has 1 saturated heterocycles.